The smallest absolute Gasteiger partial charge is 0.263 e. The maximum atomic E-state index is 12.2. The average molecular weight is 375 g/mol. The largest absolute Gasteiger partial charge is 0.506 e. The zero-order valence-corrected chi connectivity index (χ0v) is 14.0. The number of ether oxygens (including phenoxy) is 2. The Morgan fingerprint density at radius 3 is 2.87 bits per heavy atom. The van der Waals surface area contributed by atoms with E-state index in [9.17, 15) is 9.90 Å². The number of carbonyl (C=O) groups excluding carboxylic acids is 1. The third-order valence-corrected chi connectivity index (χ3v) is 4.64. The van der Waals surface area contributed by atoms with E-state index in [-0.39, 0.29) is 23.2 Å². The Morgan fingerprint density at radius 2 is 2.13 bits per heavy atom. The number of hydrogen-bond acceptors (Lipinski definition) is 6. The summed E-state index contributed by atoms with van der Waals surface area (Å²) in [5.74, 6) is -0.420. The number of nitrogens with one attached hydrogen (secondary N) is 1. The second kappa shape index (κ2) is 7.02. The molecule has 0 saturated carbocycles. The molecule has 1 aliphatic heterocycles. The van der Waals surface area contributed by atoms with Crippen LogP contribution in [0.15, 0.2) is 18.3 Å². The van der Waals surface area contributed by atoms with Crippen molar-refractivity contribution in [2.24, 2.45) is 0 Å². The van der Waals surface area contributed by atoms with Crippen molar-refractivity contribution in [3.05, 3.63) is 43.8 Å². The van der Waals surface area contributed by atoms with Gasteiger partial charge in [0.25, 0.3) is 5.91 Å². The minimum Gasteiger partial charge on any atom is -0.506 e. The number of aromatic nitrogens is 1. The second-order valence-electron chi connectivity index (χ2n) is 4.71. The molecule has 1 aromatic carbocycles. The maximum Gasteiger partial charge on any atom is 0.263 e. The lowest BCUT2D eigenvalue weighted by Gasteiger charge is -2.08. The molecule has 1 saturated heterocycles. The van der Waals surface area contributed by atoms with Crippen molar-refractivity contribution in [2.75, 3.05) is 13.2 Å². The highest BCUT2D eigenvalue weighted by Gasteiger charge is 2.23. The van der Waals surface area contributed by atoms with E-state index in [0.717, 1.165) is 0 Å². The van der Waals surface area contributed by atoms with Gasteiger partial charge >= 0.3 is 0 Å². The van der Waals surface area contributed by atoms with Gasteiger partial charge in [0, 0.05) is 17.1 Å². The standard InChI is InChI=1S/C14H12Cl2N2O4S/c15-8-3-7(11(19)9(16)4-8)5-17-12(20)10-6-18-13(23-10)14-21-1-2-22-14/h3-4,6,14,19H,1-2,5H2,(H,17,20). The van der Waals surface area contributed by atoms with Crippen molar-refractivity contribution in [3.8, 4) is 5.75 Å². The summed E-state index contributed by atoms with van der Waals surface area (Å²) in [5.41, 5.74) is 0.433. The Morgan fingerprint density at radius 1 is 1.39 bits per heavy atom. The van der Waals surface area contributed by atoms with Crippen LogP contribution in [0.1, 0.15) is 26.5 Å². The molecule has 1 aromatic heterocycles. The summed E-state index contributed by atoms with van der Waals surface area (Å²) >= 11 is 12.9. The predicted molar refractivity (Wildman–Crippen MR) is 86.1 cm³/mol. The molecule has 6 nitrogen and oxygen atoms in total. The van der Waals surface area contributed by atoms with E-state index >= 15 is 0 Å². The van der Waals surface area contributed by atoms with Gasteiger partial charge in [0.2, 0.25) is 6.29 Å². The molecule has 1 fully saturated rings. The topological polar surface area (TPSA) is 80.7 Å². The number of phenolic OH excluding ortho intramolecular Hbond substituents is 1. The molecule has 0 spiro atoms. The first-order valence-electron chi connectivity index (χ1n) is 6.68. The summed E-state index contributed by atoms with van der Waals surface area (Å²) in [6.07, 6.45) is 0.961. The monoisotopic (exact) mass is 374 g/mol. The Balaban J connectivity index is 1.66. The van der Waals surface area contributed by atoms with Gasteiger partial charge in [0.1, 0.15) is 15.6 Å². The zero-order valence-electron chi connectivity index (χ0n) is 11.7. The van der Waals surface area contributed by atoms with Gasteiger partial charge in [-0.1, -0.05) is 23.2 Å². The molecule has 9 heteroatoms. The van der Waals surface area contributed by atoms with Crippen LogP contribution in [-0.2, 0) is 16.0 Å². The zero-order chi connectivity index (χ0) is 16.4. The molecule has 23 heavy (non-hydrogen) atoms. The van der Waals surface area contributed by atoms with Gasteiger partial charge < -0.3 is 19.9 Å². The minimum atomic E-state index is -0.502. The van der Waals surface area contributed by atoms with Crippen LogP contribution in [0.3, 0.4) is 0 Å². The fraction of sp³-hybridized carbons (Fsp3) is 0.286. The minimum absolute atomic E-state index is 0.0919. The first-order chi connectivity index (χ1) is 11.0. The highest BCUT2D eigenvalue weighted by Crippen LogP contribution is 2.31. The number of carbonyl (C=O) groups is 1. The van der Waals surface area contributed by atoms with E-state index in [0.29, 0.717) is 33.7 Å². The van der Waals surface area contributed by atoms with E-state index < -0.39 is 6.29 Å². The Bertz CT molecular complexity index is 732. The molecule has 0 aliphatic carbocycles. The fourth-order valence-electron chi connectivity index (χ4n) is 2.02. The normalized spacial score (nSPS) is 15.0. The highest BCUT2D eigenvalue weighted by atomic mass is 35.5. The number of thiazole rings is 1. The van der Waals surface area contributed by atoms with Crippen LogP contribution in [0.5, 0.6) is 5.75 Å². The lowest BCUT2D eigenvalue weighted by Crippen LogP contribution is -2.21. The van der Waals surface area contributed by atoms with E-state index in [1.807, 2.05) is 0 Å². The molecule has 0 bridgehead atoms. The number of benzene rings is 1. The third-order valence-electron chi connectivity index (χ3n) is 3.12. The van der Waals surface area contributed by atoms with E-state index in [1.54, 1.807) is 6.07 Å². The van der Waals surface area contributed by atoms with Crippen LogP contribution in [0, 0.1) is 0 Å². The van der Waals surface area contributed by atoms with Gasteiger partial charge in [-0.2, -0.15) is 0 Å². The molecular weight excluding hydrogens is 363 g/mol. The van der Waals surface area contributed by atoms with Gasteiger partial charge in [0.15, 0.2) is 0 Å². The molecule has 1 amide bonds. The molecule has 2 aromatic rings. The number of halogens is 2. The van der Waals surface area contributed by atoms with Crippen LogP contribution >= 0.6 is 34.5 Å². The Labute approximate surface area is 146 Å². The molecule has 2 N–H and O–H groups in total. The van der Waals surface area contributed by atoms with Crippen molar-refractivity contribution < 1.29 is 19.4 Å². The SMILES string of the molecule is O=C(NCc1cc(Cl)cc(Cl)c1O)c1cnc(C2OCCO2)s1. The van der Waals surface area contributed by atoms with Gasteiger partial charge in [-0.25, -0.2) is 4.98 Å². The van der Waals surface area contributed by atoms with Gasteiger partial charge in [0.05, 0.1) is 24.4 Å². The lowest BCUT2D eigenvalue weighted by molar-refractivity contribution is -0.0442. The summed E-state index contributed by atoms with van der Waals surface area (Å²) in [7, 11) is 0. The maximum absolute atomic E-state index is 12.2. The number of aromatic hydroxyl groups is 1. The van der Waals surface area contributed by atoms with E-state index in [4.69, 9.17) is 32.7 Å². The van der Waals surface area contributed by atoms with Gasteiger partial charge in [-0.15, -0.1) is 11.3 Å². The molecular formula is C14H12Cl2N2O4S. The number of nitrogens with zero attached hydrogens (tertiary/aromatic N) is 1. The van der Waals surface area contributed by atoms with Crippen LogP contribution in [0.25, 0.3) is 0 Å². The van der Waals surface area contributed by atoms with Crippen molar-refractivity contribution in [3.63, 3.8) is 0 Å². The van der Waals surface area contributed by atoms with Gasteiger partial charge in [-0.3, -0.25) is 4.79 Å². The quantitative estimate of drug-likeness (QED) is 0.858. The number of phenols is 1. The van der Waals surface area contributed by atoms with Crippen LogP contribution in [0.4, 0.5) is 0 Å². The highest BCUT2D eigenvalue weighted by molar-refractivity contribution is 7.13. The van der Waals surface area contributed by atoms with Crippen LogP contribution in [0.2, 0.25) is 10.0 Å². The lowest BCUT2D eigenvalue weighted by atomic mass is 10.2. The summed E-state index contributed by atoms with van der Waals surface area (Å²) in [4.78, 5) is 16.7. The van der Waals surface area contributed by atoms with Crippen LogP contribution < -0.4 is 5.32 Å². The molecule has 2 heterocycles. The number of rotatable bonds is 4. The number of amides is 1. The number of hydrogen-bond donors (Lipinski definition) is 2. The molecule has 0 unspecified atom stereocenters. The molecule has 1 aliphatic rings. The fourth-order valence-corrected chi connectivity index (χ4v) is 3.39. The van der Waals surface area contributed by atoms with Crippen molar-refractivity contribution >= 4 is 40.4 Å². The molecule has 0 radical (unpaired) electrons. The Kier molecular flexibility index (Phi) is 5.03. The first kappa shape index (κ1) is 16.5. The Hall–Kier alpha value is -1.38. The molecule has 0 atom stereocenters. The molecule has 3 rings (SSSR count). The van der Waals surface area contributed by atoms with Crippen molar-refractivity contribution in [2.45, 2.75) is 12.8 Å². The average Bonchev–Trinajstić information content (AvgIpc) is 3.19. The predicted octanol–water partition coefficient (Wildman–Crippen LogP) is 3.13. The third kappa shape index (κ3) is 3.76. The molecule has 122 valence electrons. The summed E-state index contributed by atoms with van der Waals surface area (Å²) in [6.45, 7) is 1.12. The van der Waals surface area contributed by atoms with Gasteiger partial charge in [-0.05, 0) is 12.1 Å². The van der Waals surface area contributed by atoms with Crippen molar-refractivity contribution in [1.82, 2.24) is 10.3 Å². The van der Waals surface area contributed by atoms with Crippen molar-refractivity contribution in [1.29, 1.82) is 0 Å². The first-order valence-corrected chi connectivity index (χ1v) is 8.26. The summed E-state index contributed by atoms with van der Waals surface area (Å²) in [6, 6.07) is 2.97. The summed E-state index contributed by atoms with van der Waals surface area (Å²) in [5, 5.41) is 13.7. The second-order valence-corrected chi connectivity index (χ2v) is 6.62. The summed E-state index contributed by atoms with van der Waals surface area (Å²) < 4.78 is 10.7. The van der Waals surface area contributed by atoms with Crippen LogP contribution in [-0.4, -0.2) is 29.2 Å². The van der Waals surface area contributed by atoms with E-state index in [1.165, 1.54) is 23.6 Å². The van der Waals surface area contributed by atoms with E-state index in [2.05, 4.69) is 10.3 Å².